The number of anilines is 1. The first-order chi connectivity index (χ1) is 9.78. The van der Waals surface area contributed by atoms with Gasteiger partial charge in [0.1, 0.15) is 5.82 Å². The van der Waals surface area contributed by atoms with Crippen LogP contribution in [0.5, 0.6) is 0 Å². The van der Waals surface area contributed by atoms with E-state index >= 15 is 0 Å². The van der Waals surface area contributed by atoms with Crippen LogP contribution >= 0.6 is 0 Å². The highest BCUT2D eigenvalue weighted by molar-refractivity contribution is 5.81. The van der Waals surface area contributed by atoms with E-state index in [0.717, 1.165) is 28.1 Å². The van der Waals surface area contributed by atoms with E-state index in [2.05, 4.69) is 20.5 Å². The van der Waals surface area contributed by atoms with Crippen LogP contribution in [-0.4, -0.2) is 32.8 Å². The monoisotopic (exact) mass is 268 g/mol. The molecule has 0 atom stereocenters. The summed E-state index contributed by atoms with van der Waals surface area (Å²) in [4.78, 5) is 4.35. The van der Waals surface area contributed by atoms with E-state index in [1.54, 1.807) is 6.33 Å². The standard InChI is InChI=1S/C14H16N6/c1-20-9-17-12-8-10(2-4-13(12)20)11-3-5-14(19-18-11)16-7-6-15/h2-5,8-9H,6-7,15H2,1H3,(H,16,19). The molecule has 2 aromatic heterocycles. The van der Waals surface area contributed by atoms with E-state index in [-0.39, 0.29) is 0 Å². The highest BCUT2D eigenvalue weighted by atomic mass is 15.2. The third-order valence-corrected chi connectivity index (χ3v) is 3.14. The van der Waals surface area contributed by atoms with Gasteiger partial charge in [-0.1, -0.05) is 6.07 Å². The third kappa shape index (κ3) is 2.33. The second kappa shape index (κ2) is 5.26. The average molecular weight is 268 g/mol. The summed E-state index contributed by atoms with van der Waals surface area (Å²) in [7, 11) is 1.98. The molecule has 0 fully saturated rings. The molecule has 6 nitrogen and oxygen atoms in total. The molecule has 0 unspecified atom stereocenters. The number of aryl methyl sites for hydroxylation is 1. The van der Waals surface area contributed by atoms with Crippen molar-refractivity contribution < 1.29 is 0 Å². The maximum absolute atomic E-state index is 5.43. The minimum atomic E-state index is 0.569. The Morgan fingerprint density at radius 3 is 2.85 bits per heavy atom. The van der Waals surface area contributed by atoms with Gasteiger partial charge in [-0.15, -0.1) is 10.2 Å². The highest BCUT2D eigenvalue weighted by Crippen LogP contribution is 2.22. The molecule has 0 saturated heterocycles. The van der Waals surface area contributed by atoms with Gasteiger partial charge in [0, 0.05) is 25.7 Å². The van der Waals surface area contributed by atoms with Crippen LogP contribution in [0.3, 0.4) is 0 Å². The van der Waals surface area contributed by atoms with E-state index in [9.17, 15) is 0 Å². The zero-order chi connectivity index (χ0) is 13.9. The summed E-state index contributed by atoms with van der Waals surface area (Å²) in [6, 6.07) is 9.93. The summed E-state index contributed by atoms with van der Waals surface area (Å²) >= 11 is 0. The molecule has 1 aromatic carbocycles. The van der Waals surface area contributed by atoms with Gasteiger partial charge in [0.05, 0.1) is 23.1 Å². The molecule has 102 valence electrons. The number of fused-ring (bicyclic) bond motifs is 1. The fourth-order valence-corrected chi connectivity index (χ4v) is 2.08. The third-order valence-electron chi connectivity index (χ3n) is 3.14. The van der Waals surface area contributed by atoms with Gasteiger partial charge >= 0.3 is 0 Å². The van der Waals surface area contributed by atoms with Crippen molar-refractivity contribution in [2.45, 2.75) is 0 Å². The largest absolute Gasteiger partial charge is 0.367 e. The Morgan fingerprint density at radius 2 is 2.10 bits per heavy atom. The van der Waals surface area contributed by atoms with Crippen molar-refractivity contribution >= 4 is 16.9 Å². The van der Waals surface area contributed by atoms with Crippen molar-refractivity contribution in [3.8, 4) is 11.3 Å². The lowest BCUT2D eigenvalue weighted by Gasteiger charge is -2.04. The van der Waals surface area contributed by atoms with Crippen LogP contribution in [-0.2, 0) is 7.05 Å². The summed E-state index contributed by atoms with van der Waals surface area (Å²) < 4.78 is 1.99. The van der Waals surface area contributed by atoms with Crippen molar-refractivity contribution in [2.24, 2.45) is 12.8 Å². The Balaban J connectivity index is 1.90. The maximum atomic E-state index is 5.43. The Hall–Kier alpha value is -2.47. The number of hydrogen-bond acceptors (Lipinski definition) is 5. The van der Waals surface area contributed by atoms with E-state index in [1.807, 2.05) is 41.9 Å². The van der Waals surface area contributed by atoms with Crippen LogP contribution in [0.2, 0.25) is 0 Å². The molecule has 0 saturated carbocycles. The van der Waals surface area contributed by atoms with Crippen molar-refractivity contribution in [3.63, 3.8) is 0 Å². The van der Waals surface area contributed by atoms with Gasteiger partial charge in [-0.2, -0.15) is 0 Å². The van der Waals surface area contributed by atoms with E-state index in [0.29, 0.717) is 13.1 Å². The van der Waals surface area contributed by atoms with Gasteiger partial charge < -0.3 is 15.6 Å². The van der Waals surface area contributed by atoms with Crippen LogP contribution < -0.4 is 11.1 Å². The SMILES string of the molecule is Cn1cnc2cc(-c3ccc(NCCN)nn3)ccc21. The molecule has 0 bridgehead atoms. The topological polar surface area (TPSA) is 81.7 Å². The number of nitrogens with one attached hydrogen (secondary N) is 1. The lowest BCUT2D eigenvalue weighted by atomic mass is 10.1. The lowest BCUT2D eigenvalue weighted by molar-refractivity contribution is 0.947. The van der Waals surface area contributed by atoms with Crippen LogP contribution in [0.15, 0.2) is 36.7 Å². The normalized spacial score (nSPS) is 10.9. The second-order valence-electron chi connectivity index (χ2n) is 4.58. The highest BCUT2D eigenvalue weighted by Gasteiger charge is 2.05. The Kier molecular flexibility index (Phi) is 3.30. The van der Waals surface area contributed by atoms with E-state index < -0.39 is 0 Å². The molecule has 2 heterocycles. The number of nitrogens with zero attached hydrogens (tertiary/aromatic N) is 4. The number of imidazole rings is 1. The van der Waals surface area contributed by atoms with Crippen LogP contribution in [0, 0.1) is 0 Å². The molecule has 20 heavy (non-hydrogen) atoms. The Morgan fingerprint density at radius 1 is 1.20 bits per heavy atom. The van der Waals surface area contributed by atoms with Crippen LogP contribution in [0.25, 0.3) is 22.3 Å². The molecule has 3 N–H and O–H groups in total. The predicted octanol–water partition coefficient (Wildman–Crippen LogP) is 1.40. The molecule has 0 amide bonds. The van der Waals surface area contributed by atoms with E-state index in [4.69, 9.17) is 5.73 Å². The first kappa shape index (κ1) is 12.6. The van der Waals surface area contributed by atoms with E-state index in [1.165, 1.54) is 0 Å². The Bertz CT molecular complexity index is 716. The molecule has 6 heteroatoms. The van der Waals surface area contributed by atoms with Crippen LogP contribution in [0.1, 0.15) is 0 Å². The fourth-order valence-electron chi connectivity index (χ4n) is 2.08. The predicted molar refractivity (Wildman–Crippen MR) is 79.3 cm³/mol. The first-order valence-electron chi connectivity index (χ1n) is 6.47. The second-order valence-corrected chi connectivity index (χ2v) is 4.58. The smallest absolute Gasteiger partial charge is 0.148 e. The summed E-state index contributed by atoms with van der Waals surface area (Å²) in [6.45, 7) is 1.26. The van der Waals surface area contributed by atoms with Gasteiger partial charge in [-0.25, -0.2) is 4.98 Å². The lowest BCUT2D eigenvalue weighted by Crippen LogP contribution is -2.14. The van der Waals surface area contributed by atoms with Crippen LogP contribution in [0.4, 0.5) is 5.82 Å². The van der Waals surface area contributed by atoms with Crippen molar-refractivity contribution in [3.05, 3.63) is 36.7 Å². The molecule has 0 spiro atoms. The van der Waals surface area contributed by atoms with Crippen molar-refractivity contribution in [2.75, 3.05) is 18.4 Å². The number of hydrogen-bond donors (Lipinski definition) is 2. The Labute approximate surface area is 116 Å². The van der Waals surface area contributed by atoms with Crippen molar-refractivity contribution in [1.82, 2.24) is 19.7 Å². The van der Waals surface area contributed by atoms with Crippen molar-refractivity contribution in [1.29, 1.82) is 0 Å². The van der Waals surface area contributed by atoms with Gasteiger partial charge in [-0.05, 0) is 24.3 Å². The number of rotatable bonds is 4. The summed E-state index contributed by atoms with van der Waals surface area (Å²) in [5, 5.41) is 11.5. The van der Waals surface area contributed by atoms with Gasteiger partial charge in [0.15, 0.2) is 0 Å². The number of nitrogens with two attached hydrogens (primary N) is 1. The first-order valence-corrected chi connectivity index (χ1v) is 6.47. The molecule has 3 rings (SSSR count). The molecular weight excluding hydrogens is 252 g/mol. The summed E-state index contributed by atoms with van der Waals surface area (Å²) in [5.41, 5.74) is 9.33. The molecule has 0 aliphatic carbocycles. The number of benzene rings is 1. The minimum Gasteiger partial charge on any atom is -0.367 e. The summed E-state index contributed by atoms with van der Waals surface area (Å²) in [6.07, 6.45) is 1.81. The zero-order valence-corrected chi connectivity index (χ0v) is 11.2. The maximum Gasteiger partial charge on any atom is 0.148 e. The quantitative estimate of drug-likeness (QED) is 0.747. The molecular formula is C14H16N6. The molecule has 0 aliphatic rings. The number of aromatic nitrogens is 4. The summed E-state index contributed by atoms with van der Waals surface area (Å²) in [5.74, 6) is 0.734. The fraction of sp³-hybridized carbons (Fsp3) is 0.214. The molecule has 0 radical (unpaired) electrons. The molecule has 3 aromatic rings. The minimum absolute atomic E-state index is 0.569. The van der Waals surface area contributed by atoms with Gasteiger partial charge in [0.25, 0.3) is 0 Å². The molecule has 0 aliphatic heterocycles. The van der Waals surface area contributed by atoms with Gasteiger partial charge in [-0.3, -0.25) is 0 Å². The zero-order valence-electron chi connectivity index (χ0n) is 11.2. The van der Waals surface area contributed by atoms with Gasteiger partial charge in [0.2, 0.25) is 0 Å². The average Bonchev–Trinajstić information content (AvgIpc) is 2.86.